The van der Waals surface area contributed by atoms with E-state index in [9.17, 15) is 17.6 Å². The van der Waals surface area contributed by atoms with Crippen molar-refractivity contribution in [3.63, 3.8) is 0 Å². The normalized spacial score (nSPS) is 11.7. The Morgan fingerprint density at radius 1 is 1.33 bits per heavy atom. The van der Waals surface area contributed by atoms with Gasteiger partial charge in [0.05, 0.1) is 11.4 Å². The SMILES string of the molecule is CCN(CC(=O)N(C)C)S(=O)(=O)c1ccc(F)c(CN)c1. The van der Waals surface area contributed by atoms with E-state index in [2.05, 4.69) is 0 Å². The number of hydrogen-bond donors (Lipinski definition) is 1. The van der Waals surface area contributed by atoms with E-state index >= 15 is 0 Å². The third-order valence-electron chi connectivity index (χ3n) is 3.04. The van der Waals surface area contributed by atoms with Gasteiger partial charge in [-0.05, 0) is 18.2 Å². The average molecular weight is 317 g/mol. The van der Waals surface area contributed by atoms with Gasteiger partial charge in [-0.1, -0.05) is 6.92 Å². The van der Waals surface area contributed by atoms with Crippen molar-refractivity contribution in [3.05, 3.63) is 29.6 Å². The lowest BCUT2D eigenvalue weighted by molar-refractivity contribution is -0.128. The van der Waals surface area contributed by atoms with E-state index < -0.39 is 15.8 Å². The van der Waals surface area contributed by atoms with Gasteiger partial charge in [0.1, 0.15) is 5.82 Å². The van der Waals surface area contributed by atoms with Crippen LogP contribution in [0.15, 0.2) is 23.1 Å². The Hall–Kier alpha value is -1.51. The number of hydrogen-bond acceptors (Lipinski definition) is 4. The molecule has 0 heterocycles. The largest absolute Gasteiger partial charge is 0.348 e. The molecule has 1 aromatic carbocycles. The third-order valence-corrected chi connectivity index (χ3v) is 4.95. The van der Waals surface area contributed by atoms with Gasteiger partial charge in [0, 0.05) is 32.7 Å². The van der Waals surface area contributed by atoms with Crippen LogP contribution in [0.4, 0.5) is 4.39 Å². The third kappa shape index (κ3) is 3.99. The number of halogens is 1. The van der Waals surface area contributed by atoms with Crippen LogP contribution in [-0.4, -0.2) is 50.7 Å². The first-order valence-electron chi connectivity index (χ1n) is 6.42. The van der Waals surface area contributed by atoms with E-state index in [0.717, 1.165) is 10.4 Å². The molecule has 1 aromatic rings. The molecule has 1 amide bonds. The van der Waals surface area contributed by atoms with Gasteiger partial charge >= 0.3 is 0 Å². The van der Waals surface area contributed by atoms with Gasteiger partial charge in [-0.25, -0.2) is 12.8 Å². The quantitative estimate of drug-likeness (QED) is 0.822. The van der Waals surface area contributed by atoms with Crippen LogP contribution >= 0.6 is 0 Å². The zero-order chi connectivity index (χ0) is 16.2. The maximum atomic E-state index is 13.4. The number of carbonyl (C=O) groups is 1. The summed E-state index contributed by atoms with van der Waals surface area (Å²) in [4.78, 5) is 12.9. The monoisotopic (exact) mass is 317 g/mol. The first kappa shape index (κ1) is 17.5. The Balaban J connectivity index is 3.15. The fraction of sp³-hybridized carbons (Fsp3) is 0.462. The smallest absolute Gasteiger partial charge is 0.243 e. The predicted octanol–water partition coefficient (Wildman–Crippen LogP) is 0.383. The van der Waals surface area contributed by atoms with Crippen LogP contribution in [0, 0.1) is 5.82 Å². The van der Waals surface area contributed by atoms with Crippen molar-refractivity contribution in [2.75, 3.05) is 27.2 Å². The van der Waals surface area contributed by atoms with Crippen LogP contribution in [0.3, 0.4) is 0 Å². The van der Waals surface area contributed by atoms with E-state index in [1.807, 2.05) is 0 Å². The maximum Gasteiger partial charge on any atom is 0.243 e. The highest BCUT2D eigenvalue weighted by molar-refractivity contribution is 7.89. The molecule has 0 saturated carbocycles. The lowest BCUT2D eigenvalue weighted by atomic mass is 10.2. The van der Waals surface area contributed by atoms with Crippen molar-refractivity contribution >= 4 is 15.9 Å². The van der Waals surface area contributed by atoms with Crippen LogP contribution < -0.4 is 5.73 Å². The van der Waals surface area contributed by atoms with Gasteiger partial charge < -0.3 is 10.6 Å². The van der Waals surface area contributed by atoms with E-state index in [0.29, 0.717) is 0 Å². The summed E-state index contributed by atoms with van der Waals surface area (Å²) in [7, 11) is -0.768. The molecule has 2 N–H and O–H groups in total. The predicted molar refractivity (Wildman–Crippen MR) is 77.4 cm³/mol. The lowest BCUT2D eigenvalue weighted by Gasteiger charge is -2.22. The maximum absolute atomic E-state index is 13.4. The molecule has 8 heteroatoms. The summed E-state index contributed by atoms with van der Waals surface area (Å²) < 4.78 is 39.4. The molecule has 0 atom stereocenters. The van der Waals surface area contributed by atoms with Crippen LogP contribution in [0.2, 0.25) is 0 Å². The summed E-state index contributed by atoms with van der Waals surface area (Å²) in [5.74, 6) is -0.884. The zero-order valence-electron chi connectivity index (χ0n) is 12.3. The fourth-order valence-electron chi connectivity index (χ4n) is 1.68. The van der Waals surface area contributed by atoms with Gasteiger partial charge in [-0.2, -0.15) is 4.31 Å². The Morgan fingerprint density at radius 2 is 1.95 bits per heavy atom. The fourth-order valence-corrected chi connectivity index (χ4v) is 3.13. The molecule has 0 aliphatic carbocycles. The van der Waals surface area contributed by atoms with E-state index in [1.54, 1.807) is 21.0 Å². The van der Waals surface area contributed by atoms with Crippen molar-refractivity contribution in [2.24, 2.45) is 5.73 Å². The molecular weight excluding hydrogens is 297 g/mol. The summed E-state index contributed by atoms with van der Waals surface area (Å²) in [5, 5.41) is 0. The number of nitrogens with two attached hydrogens (primary N) is 1. The molecule has 0 saturated heterocycles. The highest BCUT2D eigenvalue weighted by atomic mass is 32.2. The molecule has 0 radical (unpaired) electrons. The van der Waals surface area contributed by atoms with Crippen LogP contribution in [0.5, 0.6) is 0 Å². The summed E-state index contributed by atoms with van der Waals surface area (Å²) in [6.07, 6.45) is 0. The molecule has 1 rings (SSSR count). The molecule has 0 unspecified atom stereocenters. The molecule has 0 fully saturated rings. The molecule has 6 nitrogen and oxygen atoms in total. The number of sulfonamides is 1. The molecule has 21 heavy (non-hydrogen) atoms. The number of nitrogens with zero attached hydrogens (tertiary/aromatic N) is 2. The van der Waals surface area contributed by atoms with E-state index in [4.69, 9.17) is 5.73 Å². The molecule has 0 spiro atoms. The minimum Gasteiger partial charge on any atom is -0.348 e. The summed E-state index contributed by atoms with van der Waals surface area (Å²) in [6.45, 7) is 1.41. The molecule has 118 valence electrons. The molecule has 0 aliphatic heterocycles. The minimum atomic E-state index is -3.87. The summed E-state index contributed by atoms with van der Waals surface area (Å²) in [5.41, 5.74) is 5.50. The van der Waals surface area contributed by atoms with Crippen molar-refractivity contribution in [1.82, 2.24) is 9.21 Å². The Kier molecular flexibility index (Phi) is 5.82. The molecule has 0 bridgehead atoms. The van der Waals surface area contributed by atoms with Crippen LogP contribution in [0.25, 0.3) is 0 Å². The van der Waals surface area contributed by atoms with Gasteiger partial charge in [0.2, 0.25) is 15.9 Å². The van der Waals surface area contributed by atoms with Crippen molar-refractivity contribution in [3.8, 4) is 0 Å². The van der Waals surface area contributed by atoms with Crippen LogP contribution in [-0.2, 0) is 21.4 Å². The number of rotatable bonds is 6. The van der Waals surface area contributed by atoms with Gasteiger partial charge in [0.15, 0.2) is 0 Å². The van der Waals surface area contributed by atoms with Gasteiger partial charge in [-0.3, -0.25) is 4.79 Å². The van der Waals surface area contributed by atoms with E-state index in [-0.39, 0.29) is 36.0 Å². The van der Waals surface area contributed by atoms with Crippen molar-refractivity contribution in [1.29, 1.82) is 0 Å². The summed E-state index contributed by atoms with van der Waals surface area (Å²) in [6, 6.07) is 3.44. The zero-order valence-corrected chi connectivity index (χ0v) is 13.2. The number of carbonyl (C=O) groups excluding carboxylic acids is 1. The Labute approximate surface area is 124 Å². The lowest BCUT2D eigenvalue weighted by Crippen LogP contribution is -2.40. The highest BCUT2D eigenvalue weighted by Crippen LogP contribution is 2.19. The standard InChI is InChI=1S/C13H20FN3O3S/c1-4-17(9-13(18)16(2)3)21(19,20)11-5-6-12(14)10(7-11)8-15/h5-7H,4,8-9,15H2,1-3H3. The van der Waals surface area contributed by atoms with Gasteiger partial charge in [-0.15, -0.1) is 0 Å². The van der Waals surface area contributed by atoms with Crippen molar-refractivity contribution < 1.29 is 17.6 Å². The second-order valence-corrected chi connectivity index (χ2v) is 6.61. The van der Waals surface area contributed by atoms with Gasteiger partial charge in [0.25, 0.3) is 0 Å². The second-order valence-electron chi connectivity index (χ2n) is 4.68. The Morgan fingerprint density at radius 3 is 2.43 bits per heavy atom. The highest BCUT2D eigenvalue weighted by Gasteiger charge is 2.26. The van der Waals surface area contributed by atoms with E-state index in [1.165, 1.54) is 17.0 Å². The van der Waals surface area contributed by atoms with Crippen LogP contribution in [0.1, 0.15) is 12.5 Å². The minimum absolute atomic E-state index is 0.0715. The number of benzene rings is 1. The average Bonchev–Trinajstić information content (AvgIpc) is 2.44. The summed E-state index contributed by atoms with van der Waals surface area (Å²) >= 11 is 0. The Bertz CT molecular complexity index is 617. The number of likely N-dealkylation sites (N-methyl/N-ethyl adjacent to an activating group) is 2. The topological polar surface area (TPSA) is 83.7 Å². The molecular formula is C13H20FN3O3S. The first-order valence-corrected chi connectivity index (χ1v) is 7.86. The number of amides is 1. The molecule has 0 aliphatic rings. The second kappa shape index (κ2) is 6.97. The first-order chi connectivity index (χ1) is 9.73. The van der Waals surface area contributed by atoms with Crippen molar-refractivity contribution in [2.45, 2.75) is 18.4 Å². The molecule has 0 aromatic heterocycles.